The zero-order valence-electron chi connectivity index (χ0n) is 9.46. The third kappa shape index (κ3) is 3.71. The molecule has 0 aliphatic heterocycles. The molecule has 84 valence electrons. The first kappa shape index (κ1) is 12.8. The Hall–Kier alpha value is -1.27. The van der Waals surface area contributed by atoms with Gasteiger partial charge in [-0.25, -0.2) is 0 Å². The Kier molecular flexibility index (Phi) is 5.07. The van der Waals surface area contributed by atoms with Crippen molar-refractivity contribution in [3.05, 3.63) is 35.4 Å². The van der Waals surface area contributed by atoms with Gasteiger partial charge in [0.05, 0.1) is 0 Å². The molecule has 16 heavy (non-hydrogen) atoms. The number of carbonyl (C=O) groups excluding carboxylic acids is 1. The minimum atomic E-state index is 0.00383. The molecule has 3 heteroatoms. The lowest BCUT2D eigenvalue weighted by molar-refractivity contribution is 0.0827. The molecule has 0 bridgehead atoms. The summed E-state index contributed by atoms with van der Waals surface area (Å²) in [4.78, 5) is 13.3. The average Bonchev–Trinajstić information content (AvgIpc) is 2.29. The SMILES string of the molecule is CN(C)C(=O)c1cccc(C#CCCBr)c1. The molecule has 0 aliphatic carbocycles. The number of halogens is 1. The molecule has 1 aromatic rings. The van der Waals surface area contributed by atoms with Gasteiger partial charge >= 0.3 is 0 Å². The van der Waals surface area contributed by atoms with E-state index in [1.165, 1.54) is 0 Å². The summed E-state index contributed by atoms with van der Waals surface area (Å²) in [5, 5.41) is 0.871. The third-order valence-corrected chi connectivity index (χ3v) is 2.36. The topological polar surface area (TPSA) is 20.3 Å². The van der Waals surface area contributed by atoms with Crippen LogP contribution in [0, 0.1) is 11.8 Å². The van der Waals surface area contributed by atoms with Crippen LogP contribution in [0.3, 0.4) is 0 Å². The summed E-state index contributed by atoms with van der Waals surface area (Å²) in [5.74, 6) is 6.06. The summed E-state index contributed by atoms with van der Waals surface area (Å²) in [5.41, 5.74) is 1.56. The van der Waals surface area contributed by atoms with E-state index < -0.39 is 0 Å². The van der Waals surface area contributed by atoms with Crippen molar-refractivity contribution >= 4 is 21.8 Å². The number of alkyl halides is 1. The maximum absolute atomic E-state index is 11.7. The fourth-order valence-electron chi connectivity index (χ4n) is 1.20. The van der Waals surface area contributed by atoms with Crippen molar-refractivity contribution in [2.45, 2.75) is 6.42 Å². The van der Waals surface area contributed by atoms with Crippen molar-refractivity contribution in [2.24, 2.45) is 0 Å². The highest BCUT2D eigenvalue weighted by Crippen LogP contribution is 2.06. The minimum Gasteiger partial charge on any atom is -0.345 e. The fraction of sp³-hybridized carbons (Fsp3) is 0.308. The fourth-order valence-corrected chi connectivity index (χ4v) is 1.40. The number of hydrogen-bond acceptors (Lipinski definition) is 1. The number of nitrogens with zero attached hydrogens (tertiary/aromatic N) is 1. The van der Waals surface area contributed by atoms with Gasteiger partial charge < -0.3 is 4.90 Å². The molecule has 0 fully saturated rings. The first-order valence-electron chi connectivity index (χ1n) is 5.01. The summed E-state index contributed by atoms with van der Waals surface area (Å²) >= 11 is 3.32. The molecule has 0 unspecified atom stereocenters. The molecular weight excluding hydrogens is 266 g/mol. The smallest absolute Gasteiger partial charge is 0.253 e. The standard InChI is InChI=1S/C13H14BrNO/c1-15(2)13(16)12-8-5-7-11(10-12)6-3-4-9-14/h5,7-8,10H,4,9H2,1-2H3. The van der Waals surface area contributed by atoms with Crippen LogP contribution in [0.5, 0.6) is 0 Å². The Morgan fingerprint density at radius 2 is 2.19 bits per heavy atom. The number of rotatable bonds is 2. The third-order valence-electron chi connectivity index (χ3n) is 1.97. The Morgan fingerprint density at radius 1 is 1.44 bits per heavy atom. The first-order chi connectivity index (χ1) is 7.65. The Labute approximate surface area is 105 Å². The molecule has 2 nitrogen and oxygen atoms in total. The van der Waals surface area contributed by atoms with Crippen LogP contribution in [0.25, 0.3) is 0 Å². The van der Waals surface area contributed by atoms with Crippen LogP contribution in [0.1, 0.15) is 22.3 Å². The maximum Gasteiger partial charge on any atom is 0.253 e. The van der Waals surface area contributed by atoms with Gasteiger partial charge in [0, 0.05) is 37.0 Å². The lowest BCUT2D eigenvalue weighted by Crippen LogP contribution is -2.21. The van der Waals surface area contributed by atoms with E-state index in [-0.39, 0.29) is 5.91 Å². The number of hydrogen-bond donors (Lipinski definition) is 0. The van der Waals surface area contributed by atoms with Gasteiger partial charge in [0.15, 0.2) is 0 Å². The van der Waals surface area contributed by atoms with Gasteiger partial charge in [-0.15, -0.1) is 0 Å². The second kappa shape index (κ2) is 6.34. The summed E-state index contributed by atoms with van der Waals surface area (Å²) < 4.78 is 0. The highest BCUT2D eigenvalue weighted by atomic mass is 79.9. The van der Waals surface area contributed by atoms with Crippen LogP contribution in [0.15, 0.2) is 24.3 Å². The summed E-state index contributed by atoms with van der Waals surface area (Å²) in [7, 11) is 3.48. The van der Waals surface area contributed by atoms with Gasteiger partial charge in [-0.05, 0) is 18.2 Å². The van der Waals surface area contributed by atoms with Gasteiger partial charge in [0.25, 0.3) is 5.91 Å². The van der Waals surface area contributed by atoms with Gasteiger partial charge in [-0.2, -0.15) is 0 Å². The molecule has 0 aliphatic rings. The van der Waals surface area contributed by atoms with E-state index in [0.717, 1.165) is 17.3 Å². The first-order valence-corrected chi connectivity index (χ1v) is 6.14. The molecule has 0 atom stereocenters. The van der Waals surface area contributed by atoms with Crippen molar-refractivity contribution in [1.82, 2.24) is 4.90 Å². The van der Waals surface area contributed by atoms with Crippen LogP contribution in [0.4, 0.5) is 0 Å². The molecule has 0 radical (unpaired) electrons. The highest BCUT2D eigenvalue weighted by molar-refractivity contribution is 9.09. The number of carbonyl (C=O) groups is 1. The van der Waals surface area contributed by atoms with Gasteiger partial charge in [-0.1, -0.05) is 33.8 Å². The molecule has 1 rings (SSSR count). The van der Waals surface area contributed by atoms with E-state index in [0.29, 0.717) is 5.56 Å². The quantitative estimate of drug-likeness (QED) is 0.602. The van der Waals surface area contributed by atoms with Crippen LogP contribution >= 0.6 is 15.9 Å². The van der Waals surface area contributed by atoms with Crippen molar-refractivity contribution in [1.29, 1.82) is 0 Å². The molecule has 0 aromatic heterocycles. The Morgan fingerprint density at radius 3 is 2.81 bits per heavy atom. The van der Waals surface area contributed by atoms with Crippen molar-refractivity contribution in [3.63, 3.8) is 0 Å². The molecule has 0 spiro atoms. The van der Waals surface area contributed by atoms with Crippen molar-refractivity contribution < 1.29 is 4.79 Å². The van der Waals surface area contributed by atoms with Crippen LogP contribution < -0.4 is 0 Å². The van der Waals surface area contributed by atoms with Crippen LogP contribution in [0.2, 0.25) is 0 Å². The van der Waals surface area contributed by atoms with Crippen LogP contribution in [-0.4, -0.2) is 30.2 Å². The minimum absolute atomic E-state index is 0.00383. The van der Waals surface area contributed by atoms with Gasteiger partial charge in [0.2, 0.25) is 0 Å². The van der Waals surface area contributed by atoms with E-state index in [1.807, 2.05) is 18.2 Å². The second-order valence-electron chi connectivity index (χ2n) is 3.52. The largest absolute Gasteiger partial charge is 0.345 e. The monoisotopic (exact) mass is 279 g/mol. The second-order valence-corrected chi connectivity index (χ2v) is 4.31. The average molecular weight is 280 g/mol. The molecule has 0 saturated carbocycles. The Balaban J connectivity index is 2.88. The zero-order chi connectivity index (χ0) is 12.0. The van der Waals surface area contributed by atoms with Gasteiger partial charge in [-0.3, -0.25) is 4.79 Å². The lowest BCUT2D eigenvalue weighted by atomic mass is 10.1. The molecule has 0 N–H and O–H groups in total. The molecule has 1 amide bonds. The van der Waals surface area contributed by atoms with E-state index in [9.17, 15) is 4.79 Å². The molecule has 0 heterocycles. The predicted molar refractivity (Wildman–Crippen MR) is 69.7 cm³/mol. The summed E-state index contributed by atoms with van der Waals surface area (Å²) in [6.45, 7) is 0. The van der Waals surface area contributed by atoms with Crippen LogP contribution in [-0.2, 0) is 0 Å². The molecular formula is C13H14BrNO. The predicted octanol–water partition coefficient (Wildman–Crippen LogP) is 2.52. The zero-order valence-corrected chi connectivity index (χ0v) is 11.0. The number of amides is 1. The van der Waals surface area contributed by atoms with E-state index in [2.05, 4.69) is 27.8 Å². The highest BCUT2D eigenvalue weighted by Gasteiger charge is 2.06. The van der Waals surface area contributed by atoms with Crippen molar-refractivity contribution in [3.8, 4) is 11.8 Å². The van der Waals surface area contributed by atoms with Crippen molar-refractivity contribution in [2.75, 3.05) is 19.4 Å². The molecule has 0 saturated heterocycles. The van der Waals surface area contributed by atoms with E-state index in [1.54, 1.807) is 25.1 Å². The van der Waals surface area contributed by atoms with E-state index in [4.69, 9.17) is 0 Å². The van der Waals surface area contributed by atoms with Gasteiger partial charge in [0.1, 0.15) is 0 Å². The Bertz CT molecular complexity index is 429. The maximum atomic E-state index is 11.7. The summed E-state index contributed by atoms with van der Waals surface area (Å²) in [6.07, 6.45) is 0.811. The number of benzene rings is 1. The van der Waals surface area contributed by atoms with E-state index >= 15 is 0 Å². The summed E-state index contributed by atoms with van der Waals surface area (Å²) in [6, 6.07) is 7.39. The molecule has 1 aromatic carbocycles. The normalized spacial score (nSPS) is 9.19. The lowest BCUT2D eigenvalue weighted by Gasteiger charge is -2.09.